The molecule has 0 spiro atoms. The molecule has 0 bridgehead atoms. The Morgan fingerprint density at radius 1 is 1.39 bits per heavy atom. The van der Waals surface area contributed by atoms with E-state index in [-0.39, 0.29) is 11.3 Å². The largest absolute Gasteiger partial charge is 0.392 e. The molecule has 1 amide bonds. The van der Waals surface area contributed by atoms with Crippen LogP contribution in [0.4, 0.5) is 0 Å². The first-order valence-electron chi connectivity index (χ1n) is 6.71. The molecule has 1 atom stereocenters. The highest BCUT2D eigenvalue weighted by molar-refractivity contribution is 7.80. The lowest BCUT2D eigenvalue weighted by Gasteiger charge is -2.26. The predicted molar refractivity (Wildman–Crippen MR) is 81.5 cm³/mol. The van der Waals surface area contributed by atoms with Crippen LogP contribution in [0.25, 0.3) is 0 Å². The van der Waals surface area contributed by atoms with Gasteiger partial charge in [-0.3, -0.25) is 4.79 Å². The van der Waals surface area contributed by atoms with Crippen molar-refractivity contribution >= 4 is 23.1 Å². The SMILES string of the molecule is CCCN(CC(N)=S)C(=O)CC(C)CC(C)(C)C. The topological polar surface area (TPSA) is 46.3 Å². The molecule has 2 N–H and O–H groups in total. The normalized spacial score (nSPS) is 13.2. The fourth-order valence-corrected chi connectivity index (χ4v) is 2.45. The molecule has 0 rings (SSSR count). The van der Waals surface area contributed by atoms with Gasteiger partial charge in [0.1, 0.15) is 0 Å². The highest BCUT2D eigenvalue weighted by atomic mass is 32.1. The molecule has 4 heteroatoms. The van der Waals surface area contributed by atoms with Crippen molar-refractivity contribution in [2.75, 3.05) is 13.1 Å². The van der Waals surface area contributed by atoms with E-state index in [1.165, 1.54) is 0 Å². The van der Waals surface area contributed by atoms with Crippen molar-refractivity contribution in [2.24, 2.45) is 17.1 Å². The second-order valence-corrected chi connectivity index (χ2v) is 6.88. The minimum Gasteiger partial charge on any atom is -0.392 e. The lowest BCUT2D eigenvalue weighted by molar-refractivity contribution is -0.131. The number of nitrogens with two attached hydrogens (primary N) is 1. The molecule has 106 valence electrons. The molecule has 1 unspecified atom stereocenters. The number of carbonyl (C=O) groups is 1. The zero-order valence-electron chi connectivity index (χ0n) is 12.5. The van der Waals surface area contributed by atoms with Gasteiger partial charge in [0.15, 0.2) is 0 Å². The smallest absolute Gasteiger partial charge is 0.223 e. The van der Waals surface area contributed by atoms with E-state index < -0.39 is 0 Å². The Labute approximate surface area is 117 Å². The van der Waals surface area contributed by atoms with Crippen LogP contribution in [-0.2, 0) is 4.79 Å². The Kier molecular flexibility index (Phi) is 7.45. The van der Waals surface area contributed by atoms with Crippen LogP contribution in [0.5, 0.6) is 0 Å². The van der Waals surface area contributed by atoms with Crippen molar-refractivity contribution in [3.63, 3.8) is 0 Å². The van der Waals surface area contributed by atoms with Crippen molar-refractivity contribution < 1.29 is 4.79 Å². The maximum atomic E-state index is 12.2. The predicted octanol–water partition coefficient (Wildman–Crippen LogP) is 2.97. The summed E-state index contributed by atoms with van der Waals surface area (Å²) in [7, 11) is 0. The monoisotopic (exact) mass is 272 g/mol. The molecule has 0 aliphatic carbocycles. The first kappa shape index (κ1) is 17.4. The van der Waals surface area contributed by atoms with Gasteiger partial charge >= 0.3 is 0 Å². The number of hydrogen-bond acceptors (Lipinski definition) is 2. The Hall–Kier alpha value is -0.640. The van der Waals surface area contributed by atoms with Gasteiger partial charge in [0.2, 0.25) is 5.91 Å². The molecule has 0 fully saturated rings. The summed E-state index contributed by atoms with van der Waals surface area (Å²) < 4.78 is 0. The standard InChI is InChI=1S/C14H28N2OS/c1-6-7-16(10-12(15)18)13(17)8-11(2)9-14(3,4)5/h11H,6-10H2,1-5H3,(H2,15,18). The summed E-state index contributed by atoms with van der Waals surface area (Å²) in [6.07, 6.45) is 2.56. The number of amides is 1. The number of hydrogen-bond donors (Lipinski definition) is 1. The van der Waals surface area contributed by atoms with E-state index in [4.69, 9.17) is 18.0 Å². The molecule has 0 heterocycles. The zero-order chi connectivity index (χ0) is 14.3. The van der Waals surface area contributed by atoms with Crippen LogP contribution in [-0.4, -0.2) is 28.9 Å². The fraction of sp³-hybridized carbons (Fsp3) is 0.857. The van der Waals surface area contributed by atoms with Gasteiger partial charge in [-0.1, -0.05) is 46.8 Å². The lowest BCUT2D eigenvalue weighted by atomic mass is 9.84. The summed E-state index contributed by atoms with van der Waals surface area (Å²) in [5, 5.41) is 0. The van der Waals surface area contributed by atoms with E-state index in [0.29, 0.717) is 23.9 Å². The first-order valence-corrected chi connectivity index (χ1v) is 7.12. The van der Waals surface area contributed by atoms with Gasteiger partial charge in [-0.15, -0.1) is 0 Å². The van der Waals surface area contributed by atoms with Crippen LogP contribution in [0.3, 0.4) is 0 Å². The molecule has 0 aromatic carbocycles. The van der Waals surface area contributed by atoms with Gasteiger partial charge in [-0.25, -0.2) is 0 Å². The Bertz CT molecular complexity index is 284. The van der Waals surface area contributed by atoms with Crippen molar-refractivity contribution in [1.82, 2.24) is 4.90 Å². The van der Waals surface area contributed by atoms with Gasteiger partial charge in [-0.2, -0.15) is 0 Å². The van der Waals surface area contributed by atoms with Crippen molar-refractivity contribution in [3.8, 4) is 0 Å². The van der Waals surface area contributed by atoms with Crippen molar-refractivity contribution in [2.45, 2.75) is 53.9 Å². The maximum Gasteiger partial charge on any atom is 0.223 e. The number of thiocarbonyl (C=S) groups is 1. The van der Waals surface area contributed by atoms with Crippen LogP contribution < -0.4 is 5.73 Å². The summed E-state index contributed by atoms with van der Waals surface area (Å²) in [4.78, 5) is 14.3. The highest BCUT2D eigenvalue weighted by Crippen LogP contribution is 2.26. The molecular formula is C14H28N2OS. The Morgan fingerprint density at radius 3 is 2.33 bits per heavy atom. The molecule has 0 aliphatic rings. The third kappa shape index (κ3) is 8.45. The molecule has 18 heavy (non-hydrogen) atoms. The summed E-state index contributed by atoms with van der Waals surface area (Å²) in [6.45, 7) is 11.9. The average molecular weight is 272 g/mol. The fourth-order valence-electron chi connectivity index (χ4n) is 2.29. The zero-order valence-corrected chi connectivity index (χ0v) is 13.3. The molecule has 3 nitrogen and oxygen atoms in total. The van der Waals surface area contributed by atoms with E-state index in [0.717, 1.165) is 19.4 Å². The molecule has 0 aliphatic heterocycles. The van der Waals surface area contributed by atoms with E-state index >= 15 is 0 Å². The average Bonchev–Trinajstić information content (AvgIpc) is 2.12. The molecule has 0 saturated carbocycles. The van der Waals surface area contributed by atoms with Gasteiger partial charge < -0.3 is 10.6 Å². The van der Waals surface area contributed by atoms with Gasteiger partial charge in [0.05, 0.1) is 11.5 Å². The van der Waals surface area contributed by atoms with Gasteiger partial charge in [0.25, 0.3) is 0 Å². The van der Waals surface area contributed by atoms with Crippen LogP contribution in [0.1, 0.15) is 53.9 Å². The van der Waals surface area contributed by atoms with Gasteiger partial charge in [0, 0.05) is 13.0 Å². The van der Waals surface area contributed by atoms with Crippen molar-refractivity contribution in [3.05, 3.63) is 0 Å². The maximum absolute atomic E-state index is 12.2. The van der Waals surface area contributed by atoms with Crippen LogP contribution in [0.2, 0.25) is 0 Å². The number of carbonyl (C=O) groups excluding carboxylic acids is 1. The molecule has 0 aromatic rings. The molecule has 0 radical (unpaired) electrons. The minimum atomic E-state index is 0.168. The van der Waals surface area contributed by atoms with Crippen LogP contribution >= 0.6 is 12.2 Å². The Balaban J connectivity index is 4.36. The molecule has 0 aromatic heterocycles. The summed E-state index contributed by atoms with van der Waals surface area (Å²) >= 11 is 4.89. The third-order valence-electron chi connectivity index (χ3n) is 2.68. The van der Waals surface area contributed by atoms with Gasteiger partial charge in [-0.05, 0) is 24.2 Å². The van der Waals surface area contributed by atoms with E-state index in [1.807, 2.05) is 0 Å². The summed E-state index contributed by atoms with van der Waals surface area (Å²) in [5.41, 5.74) is 5.79. The Morgan fingerprint density at radius 2 is 1.94 bits per heavy atom. The van der Waals surface area contributed by atoms with E-state index in [2.05, 4.69) is 34.6 Å². The number of rotatable bonds is 7. The summed E-state index contributed by atoms with van der Waals surface area (Å²) in [5.74, 6) is 0.560. The van der Waals surface area contributed by atoms with Crippen LogP contribution in [0, 0.1) is 11.3 Å². The second-order valence-electron chi connectivity index (χ2n) is 6.36. The molecule has 0 saturated heterocycles. The summed E-state index contributed by atoms with van der Waals surface area (Å²) in [6, 6.07) is 0. The molecular weight excluding hydrogens is 244 g/mol. The second kappa shape index (κ2) is 7.72. The van der Waals surface area contributed by atoms with E-state index in [9.17, 15) is 4.79 Å². The number of nitrogens with zero attached hydrogens (tertiary/aromatic N) is 1. The third-order valence-corrected chi connectivity index (χ3v) is 2.81. The quantitative estimate of drug-likeness (QED) is 0.725. The van der Waals surface area contributed by atoms with Crippen molar-refractivity contribution in [1.29, 1.82) is 0 Å². The van der Waals surface area contributed by atoms with Crippen LogP contribution in [0.15, 0.2) is 0 Å². The first-order chi connectivity index (χ1) is 8.15. The van der Waals surface area contributed by atoms with E-state index in [1.54, 1.807) is 4.90 Å². The minimum absolute atomic E-state index is 0.168. The lowest BCUT2D eigenvalue weighted by Crippen LogP contribution is -2.39. The highest BCUT2D eigenvalue weighted by Gasteiger charge is 2.20.